The molecule has 2 aliphatic rings. The Labute approximate surface area is 61.0 Å². The summed E-state index contributed by atoms with van der Waals surface area (Å²) in [5.41, 5.74) is 0. The number of piperazine rings is 1. The van der Waals surface area contributed by atoms with Crippen molar-refractivity contribution in [1.29, 1.82) is 0 Å². The molecule has 0 saturated carbocycles. The van der Waals surface area contributed by atoms with Crippen LogP contribution in [0.5, 0.6) is 0 Å². The minimum atomic E-state index is -0.0761. The van der Waals surface area contributed by atoms with E-state index in [4.69, 9.17) is 0 Å². The highest BCUT2D eigenvalue weighted by atomic mass is 16.3. The molecule has 58 valence electrons. The minimum absolute atomic E-state index is 0.0761. The van der Waals surface area contributed by atoms with Crippen LogP contribution in [0.3, 0.4) is 0 Å². The molecule has 0 spiro atoms. The van der Waals surface area contributed by atoms with Crippen LogP contribution < -0.4 is 5.32 Å². The second-order valence-electron chi connectivity index (χ2n) is 3.16. The van der Waals surface area contributed by atoms with E-state index in [1.54, 1.807) is 0 Å². The lowest BCUT2D eigenvalue weighted by molar-refractivity contribution is 0.100. The molecule has 2 heterocycles. The van der Waals surface area contributed by atoms with E-state index < -0.39 is 0 Å². The quantitative estimate of drug-likeness (QED) is 0.456. The molecule has 3 nitrogen and oxygen atoms in total. The van der Waals surface area contributed by atoms with Gasteiger partial charge in [0.1, 0.15) is 0 Å². The molecule has 2 fully saturated rings. The SMILES string of the molecule is OC1CCN2CCNCC12. The Hall–Kier alpha value is -0.120. The number of hydrogen-bond acceptors (Lipinski definition) is 3. The summed E-state index contributed by atoms with van der Waals surface area (Å²) in [4.78, 5) is 2.38. The lowest BCUT2D eigenvalue weighted by atomic mass is 10.1. The van der Waals surface area contributed by atoms with Crippen LogP contribution in [0, 0.1) is 0 Å². The minimum Gasteiger partial charge on any atom is -0.391 e. The Morgan fingerprint density at radius 3 is 3.10 bits per heavy atom. The molecule has 0 radical (unpaired) electrons. The van der Waals surface area contributed by atoms with E-state index in [2.05, 4.69) is 10.2 Å². The van der Waals surface area contributed by atoms with Gasteiger partial charge in [0.25, 0.3) is 0 Å². The van der Waals surface area contributed by atoms with Gasteiger partial charge < -0.3 is 10.4 Å². The van der Waals surface area contributed by atoms with Gasteiger partial charge in [0.15, 0.2) is 0 Å². The smallest absolute Gasteiger partial charge is 0.0719 e. The molecular weight excluding hydrogens is 128 g/mol. The lowest BCUT2D eigenvalue weighted by Gasteiger charge is -2.31. The van der Waals surface area contributed by atoms with E-state index in [1.807, 2.05) is 0 Å². The van der Waals surface area contributed by atoms with Crippen molar-refractivity contribution in [3.05, 3.63) is 0 Å². The average Bonchev–Trinajstić information content (AvgIpc) is 2.34. The maximum atomic E-state index is 9.44. The zero-order chi connectivity index (χ0) is 6.97. The first-order chi connectivity index (χ1) is 4.88. The Morgan fingerprint density at radius 1 is 1.40 bits per heavy atom. The van der Waals surface area contributed by atoms with E-state index in [0.29, 0.717) is 6.04 Å². The first-order valence-corrected chi connectivity index (χ1v) is 4.01. The molecule has 0 aliphatic carbocycles. The average molecular weight is 142 g/mol. The zero-order valence-electron chi connectivity index (χ0n) is 6.08. The fourth-order valence-electron chi connectivity index (χ4n) is 1.92. The molecule has 2 rings (SSSR count). The molecule has 0 aromatic rings. The van der Waals surface area contributed by atoms with Crippen molar-refractivity contribution < 1.29 is 5.11 Å². The van der Waals surface area contributed by atoms with Crippen LogP contribution in [0.25, 0.3) is 0 Å². The third-order valence-corrected chi connectivity index (χ3v) is 2.55. The Bertz CT molecular complexity index is 127. The monoisotopic (exact) mass is 142 g/mol. The van der Waals surface area contributed by atoms with E-state index in [9.17, 15) is 5.11 Å². The van der Waals surface area contributed by atoms with Crippen LogP contribution in [-0.4, -0.2) is 48.3 Å². The molecule has 0 amide bonds. The second kappa shape index (κ2) is 2.49. The Kier molecular flexibility index (Phi) is 1.64. The van der Waals surface area contributed by atoms with Gasteiger partial charge in [-0.25, -0.2) is 0 Å². The summed E-state index contributed by atoms with van der Waals surface area (Å²) in [6.45, 7) is 4.26. The number of aliphatic hydroxyl groups is 1. The van der Waals surface area contributed by atoms with E-state index in [1.165, 1.54) is 0 Å². The molecule has 0 aromatic carbocycles. The second-order valence-corrected chi connectivity index (χ2v) is 3.16. The van der Waals surface area contributed by atoms with Crippen LogP contribution in [0.4, 0.5) is 0 Å². The van der Waals surface area contributed by atoms with Crippen molar-refractivity contribution in [2.45, 2.75) is 18.6 Å². The summed E-state index contributed by atoms with van der Waals surface area (Å²) >= 11 is 0. The normalized spacial score (nSPS) is 41.7. The number of hydrogen-bond donors (Lipinski definition) is 2. The number of rotatable bonds is 0. The predicted octanol–water partition coefficient (Wildman–Crippen LogP) is -0.975. The molecule has 3 heteroatoms. The van der Waals surface area contributed by atoms with Gasteiger partial charge in [0, 0.05) is 32.2 Å². The first-order valence-electron chi connectivity index (χ1n) is 4.01. The van der Waals surface area contributed by atoms with Crippen molar-refractivity contribution in [2.75, 3.05) is 26.2 Å². The predicted molar refractivity (Wildman–Crippen MR) is 38.9 cm³/mol. The summed E-state index contributed by atoms with van der Waals surface area (Å²) < 4.78 is 0. The number of fused-ring (bicyclic) bond motifs is 1. The van der Waals surface area contributed by atoms with E-state index in [-0.39, 0.29) is 6.10 Å². The topological polar surface area (TPSA) is 35.5 Å². The Balaban J connectivity index is 2.01. The van der Waals surface area contributed by atoms with Gasteiger partial charge in [-0.15, -0.1) is 0 Å². The summed E-state index contributed by atoms with van der Waals surface area (Å²) in [6, 6.07) is 0.411. The third kappa shape index (κ3) is 0.944. The molecule has 2 aliphatic heterocycles. The molecule has 2 N–H and O–H groups in total. The summed E-state index contributed by atoms with van der Waals surface area (Å²) in [6.07, 6.45) is 0.889. The zero-order valence-corrected chi connectivity index (χ0v) is 6.08. The van der Waals surface area contributed by atoms with Gasteiger partial charge in [0.2, 0.25) is 0 Å². The summed E-state index contributed by atoms with van der Waals surface area (Å²) in [5, 5.41) is 12.7. The fourth-order valence-corrected chi connectivity index (χ4v) is 1.92. The highest BCUT2D eigenvalue weighted by Crippen LogP contribution is 2.18. The largest absolute Gasteiger partial charge is 0.391 e. The molecule has 2 atom stereocenters. The molecule has 10 heavy (non-hydrogen) atoms. The fraction of sp³-hybridized carbons (Fsp3) is 1.00. The third-order valence-electron chi connectivity index (χ3n) is 2.55. The highest BCUT2D eigenvalue weighted by Gasteiger charge is 2.33. The van der Waals surface area contributed by atoms with Gasteiger partial charge in [-0.3, -0.25) is 4.90 Å². The van der Waals surface area contributed by atoms with Crippen LogP contribution >= 0.6 is 0 Å². The molecule has 0 aromatic heterocycles. The van der Waals surface area contributed by atoms with Gasteiger partial charge in [-0.1, -0.05) is 0 Å². The van der Waals surface area contributed by atoms with Gasteiger partial charge in [-0.05, 0) is 6.42 Å². The van der Waals surface area contributed by atoms with Gasteiger partial charge in [-0.2, -0.15) is 0 Å². The molecular formula is C7H14N2O. The molecule has 2 saturated heterocycles. The highest BCUT2D eigenvalue weighted by molar-refractivity contribution is 4.91. The van der Waals surface area contributed by atoms with Gasteiger partial charge in [0.05, 0.1) is 6.10 Å². The van der Waals surface area contributed by atoms with Crippen molar-refractivity contribution in [2.24, 2.45) is 0 Å². The van der Waals surface area contributed by atoms with Crippen molar-refractivity contribution in [3.63, 3.8) is 0 Å². The van der Waals surface area contributed by atoms with Crippen molar-refractivity contribution >= 4 is 0 Å². The first kappa shape index (κ1) is 6.58. The maximum Gasteiger partial charge on any atom is 0.0719 e. The summed E-state index contributed by atoms with van der Waals surface area (Å²) in [5.74, 6) is 0. The lowest BCUT2D eigenvalue weighted by Crippen LogP contribution is -2.51. The molecule has 0 bridgehead atoms. The van der Waals surface area contributed by atoms with E-state index in [0.717, 1.165) is 32.6 Å². The van der Waals surface area contributed by atoms with Crippen molar-refractivity contribution in [3.8, 4) is 0 Å². The van der Waals surface area contributed by atoms with Crippen LogP contribution in [0.15, 0.2) is 0 Å². The number of aliphatic hydroxyl groups excluding tert-OH is 1. The molecule has 2 unspecified atom stereocenters. The van der Waals surface area contributed by atoms with Gasteiger partial charge >= 0.3 is 0 Å². The summed E-state index contributed by atoms with van der Waals surface area (Å²) in [7, 11) is 0. The standard InChI is InChI=1S/C7H14N2O/c10-7-1-3-9-4-2-8-5-6(7)9/h6-8,10H,1-5H2. The number of nitrogens with one attached hydrogen (secondary N) is 1. The van der Waals surface area contributed by atoms with E-state index >= 15 is 0 Å². The number of nitrogens with zero attached hydrogens (tertiary/aromatic N) is 1. The maximum absolute atomic E-state index is 9.44. The van der Waals surface area contributed by atoms with Crippen LogP contribution in [0.2, 0.25) is 0 Å². The van der Waals surface area contributed by atoms with Crippen molar-refractivity contribution in [1.82, 2.24) is 10.2 Å². The van der Waals surface area contributed by atoms with Crippen LogP contribution in [-0.2, 0) is 0 Å². The Morgan fingerprint density at radius 2 is 2.30 bits per heavy atom. The van der Waals surface area contributed by atoms with Crippen LogP contribution in [0.1, 0.15) is 6.42 Å².